The molecule has 1 atom stereocenters. The van der Waals surface area contributed by atoms with E-state index in [0.29, 0.717) is 13.2 Å². The molecule has 0 N–H and O–H groups in total. The SMILES string of the molecule is C/C=C/CC(=O)C(C)P1(=O)OCCCO1. The molecular weight excluding hydrogens is 215 g/mol. The molecule has 0 saturated carbocycles. The van der Waals surface area contributed by atoms with Gasteiger partial charge in [-0.05, 0) is 20.3 Å². The van der Waals surface area contributed by atoms with Crippen molar-refractivity contribution in [1.29, 1.82) is 0 Å². The first-order chi connectivity index (χ1) is 7.10. The number of carbonyl (C=O) groups is 1. The van der Waals surface area contributed by atoms with Gasteiger partial charge >= 0.3 is 7.60 Å². The van der Waals surface area contributed by atoms with Crippen LogP contribution >= 0.6 is 7.60 Å². The van der Waals surface area contributed by atoms with E-state index in [0.717, 1.165) is 6.42 Å². The summed E-state index contributed by atoms with van der Waals surface area (Å²) in [6.45, 7) is 4.28. The minimum absolute atomic E-state index is 0.0988. The van der Waals surface area contributed by atoms with Gasteiger partial charge in [-0.3, -0.25) is 9.36 Å². The van der Waals surface area contributed by atoms with Gasteiger partial charge in [0, 0.05) is 6.42 Å². The zero-order chi connectivity index (χ0) is 11.3. The van der Waals surface area contributed by atoms with Crippen molar-refractivity contribution in [2.24, 2.45) is 0 Å². The van der Waals surface area contributed by atoms with Crippen LogP contribution in [0.2, 0.25) is 0 Å². The molecule has 1 aliphatic rings. The summed E-state index contributed by atoms with van der Waals surface area (Å²) in [6.07, 6.45) is 4.56. The molecule has 1 heterocycles. The number of ketones is 1. The normalized spacial score (nSPS) is 22.8. The van der Waals surface area contributed by atoms with Gasteiger partial charge in [0.05, 0.1) is 13.2 Å². The van der Waals surface area contributed by atoms with Crippen LogP contribution in [0.4, 0.5) is 0 Å². The minimum Gasteiger partial charge on any atom is -0.308 e. The number of Topliss-reactive ketones (excluding diaryl/α,β-unsaturated/α-hetero) is 1. The van der Waals surface area contributed by atoms with E-state index in [9.17, 15) is 9.36 Å². The summed E-state index contributed by atoms with van der Waals surface area (Å²) in [7, 11) is -3.18. The van der Waals surface area contributed by atoms with Crippen molar-refractivity contribution in [2.75, 3.05) is 13.2 Å². The summed E-state index contributed by atoms with van der Waals surface area (Å²) in [6, 6.07) is 0. The molecule has 1 aliphatic heterocycles. The van der Waals surface area contributed by atoms with Gasteiger partial charge in [0.2, 0.25) is 0 Å². The van der Waals surface area contributed by atoms with Crippen molar-refractivity contribution >= 4 is 13.4 Å². The summed E-state index contributed by atoms with van der Waals surface area (Å²) < 4.78 is 22.3. The highest BCUT2D eigenvalue weighted by Gasteiger charge is 2.38. The molecule has 0 aromatic carbocycles. The van der Waals surface area contributed by atoms with Crippen LogP contribution in [0.25, 0.3) is 0 Å². The molecule has 1 unspecified atom stereocenters. The van der Waals surface area contributed by atoms with Gasteiger partial charge in [0.25, 0.3) is 0 Å². The van der Waals surface area contributed by atoms with Crippen LogP contribution < -0.4 is 0 Å². The number of hydrogen-bond acceptors (Lipinski definition) is 4. The fourth-order valence-electron chi connectivity index (χ4n) is 1.28. The summed E-state index contributed by atoms with van der Waals surface area (Å²) >= 11 is 0. The lowest BCUT2D eigenvalue weighted by molar-refractivity contribution is -0.118. The first-order valence-corrected chi connectivity index (χ1v) is 6.74. The molecule has 0 spiro atoms. The van der Waals surface area contributed by atoms with Crippen LogP contribution in [0.15, 0.2) is 12.2 Å². The third kappa shape index (κ3) is 3.26. The number of allylic oxidation sites excluding steroid dienone is 2. The van der Waals surface area contributed by atoms with Crippen LogP contribution in [0, 0.1) is 0 Å². The van der Waals surface area contributed by atoms with Crippen LogP contribution in [0.1, 0.15) is 26.7 Å². The maximum atomic E-state index is 12.0. The molecule has 4 nitrogen and oxygen atoms in total. The van der Waals surface area contributed by atoms with E-state index in [1.165, 1.54) is 0 Å². The Bertz CT molecular complexity index is 288. The predicted octanol–water partition coefficient (Wildman–Crippen LogP) is 2.54. The van der Waals surface area contributed by atoms with Gasteiger partial charge in [-0.2, -0.15) is 0 Å². The molecule has 0 aromatic rings. The standard InChI is InChI=1S/C10H17O4P/c1-3-4-6-10(11)9(2)15(12)13-7-5-8-14-15/h3-4,9H,5-8H2,1-2H3/b4-3+. The summed E-state index contributed by atoms with van der Waals surface area (Å²) in [5, 5.41) is 0. The summed E-state index contributed by atoms with van der Waals surface area (Å²) in [4.78, 5) is 11.6. The van der Waals surface area contributed by atoms with E-state index < -0.39 is 13.3 Å². The Kier molecular flexibility index (Phi) is 4.71. The van der Waals surface area contributed by atoms with Crippen molar-refractivity contribution in [3.05, 3.63) is 12.2 Å². The first kappa shape index (κ1) is 12.6. The van der Waals surface area contributed by atoms with Gasteiger partial charge in [-0.15, -0.1) is 0 Å². The second kappa shape index (κ2) is 5.59. The van der Waals surface area contributed by atoms with Crippen molar-refractivity contribution in [2.45, 2.75) is 32.3 Å². The molecule has 5 heteroatoms. The quantitative estimate of drug-likeness (QED) is 0.552. The Morgan fingerprint density at radius 2 is 2.07 bits per heavy atom. The zero-order valence-corrected chi connectivity index (χ0v) is 10.0. The van der Waals surface area contributed by atoms with Gasteiger partial charge in [0.15, 0.2) is 5.78 Å². The van der Waals surface area contributed by atoms with E-state index in [4.69, 9.17) is 9.05 Å². The number of carbonyl (C=O) groups excluding carboxylic acids is 1. The van der Waals surface area contributed by atoms with Crippen LogP contribution in [-0.2, 0) is 18.4 Å². The Balaban J connectivity index is 2.61. The number of hydrogen-bond donors (Lipinski definition) is 0. The second-order valence-electron chi connectivity index (χ2n) is 3.48. The highest BCUT2D eigenvalue weighted by molar-refractivity contribution is 7.55. The Morgan fingerprint density at radius 3 is 2.60 bits per heavy atom. The molecule has 0 bridgehead atoms. The highest BCUT2D eigenvalue weighted by Crippen LogP contribution is 2.55. The molecule has 1 saturated heterocycles. The zero-order valence-electron chi connectivity index (χ0n) is 9.14. The monoisotopic (exact) mass is 232 g/mol. The van der Waals surface area contributed by atoms with E-state index in [1.807, 2.05) is 6.92 Å². The minimum atomic E-state index is -3.18. The molecule has 0 radical (unpaired) electrons. The lowest BCUT2D eigenvalue weighted by Crippen LogP contribution is -2.23. The molecule has 1 rings (SSSR count). The van der Waals surface area contributed by atoms with E-state index in [-0.39, 0.29) is 12.2 Å². The van der Waals surface area contributed by atoms with Crippen molar-refractivity contribution in [3.63, 3.8) is 0 Å². The first-order valence-electron chi connectivity index (χ1n) is 5.13. The molecule has 0 amide bonds. The largest absolute Gasteiger partial charge is 0.340 e. The predicted molar refractivity (Wildman–Crippen MR) is 58.0 cm³/mol. The van der Waals surface area contributed by atoms with Crippen molar-refractivity contribution < 1.29 is 18.4 Å². The third-order valence-corrected chi connectivity index (χ3v) is 4.65. The topological polar surface area (TPSA) is 52.6 Å². The van der Waals surface area contributed by atoms with Crippen LogP contribution in [0.5, 0.6) is 0 Å². The Hall–Kier alpha value is -0.440. The Labute approximate surface area is 90.2 Å². The van der Waals surface area contributed by atoms with Crippen LogP contribution in [-0.4, -0.2) is 24.7 Å². The van der Waals surface area contributed by atoms with Gasteiger partial charge in [-0.1, -0.05) is 12.2 Å². The average molecular weight is 232 g/mol. The fraction of sp³-hybridized carbons (Fsp3) is 0.700. The third-order valence-electron chi connectivity index (χ3n) is 2.33. The summed E-state index contributed by atoms with van der Waals surface area (Å²) in [5.41, 5.74) is -0.658. The van der Waals surface area contributed by atoms with E-state index >= 15 is 0 Å². The lowest BCUT2D eigenvalue weighted by Gasteiger charge is -2.26. The molecule has 0 aromatic heterocycles. The smallest absolute Gasteiger partial charge is 0.308 e. The maximum Gasteiger partial charge on any atom is 0.340 e. The fourth-order valence-corrected chi connectivity index (χ4v) is 3.03. The van der Waals surface area contributed by atoms with E-state index in [2.05, 4.69) is 0 Å². The second-order valence-corrected chi connectivity index (χ2v) is 5.85. The van der Waals surface area contributed by atoms with Crippen molar-refractivity contribution in [3.8, 4) is 0 Å². The van der Waals surface area contributed by atoms with E-state index in [1.54, 1.807) is 19.1 Å². The molecule has 1 fully saturated rings. The summed E-state index contributed by atoms with van der Waals surface area (Å²) in [5.74, 6) is -0.0988. The lowest BCUT2D eigenvalue weighted by atomic mass is 10.2. The highest BCUT2D eigenvalue weighted by atomic mass is 31.2. The van der Waals surface area contributed by atoms with Gasteiger partial charge in [-0.25, -0.2) is 0 Å². The van der Waals surface area contributed by atoms with Gasteiger partial charge in [0.1, 0.15) is 5.66 Å². The molecular formula is C10H17O4P. The molecule has 86 valence electrons. The van der Waals surface area contributed by atoms with Crippen LogP contribution in [0.3, 0.4) is 0 Å². The maximum absolute atomic E-state index is 12.0. The molecule has 15 heavy (non-hydrogen) atoms. The van der Waals surface area contributed by atoms with Gasteiger partial charge < -0.3 is 9.05 Å². The molecule has 0 aliphatic carbocycles. The average Bonchev–Trinajstić information content (AvgIpc) is 2.26. The Morgan fingerprint density at radius 1 is 1.47 bits per heavy atom. The number of rotatable bonds is 4. The van der Waals surface area contributed by atoms with Crippen molar-refractivity contribution in [1.82, 2.24) is 0 Å².